The molecule has 0 unspecified atom stereocenters. The van der Waals surface area contributed by atoms with Crippen LogP contribution in [0.3, 0.4) is 0 Å². The Bertz CT molecular complexity index is 488. The molecule has 2 aliphatic rings. The molecule has 0 radical (unpaired) electrons. The van der Waals surface area contributed by atoms with E-state index in [1.54, 1.807) is 12.4 Å². The number of nitrogens with one attached hydrogen (secondary N) is 2. The van der Waals surface area contributed by atoms with Crippen LogP contribution in [0.4, 0.5) is 4.79 Å². The maximum absolute atomic E-state index is 11.9. The summed E-state index contributed by atoms with van der Waals surface area (Å²) in [5.41, 5.74) is 2.12. The van der Waals surface area contributed by atoms with Crippen molar-refractivity contribution in [2.24, 2.45) is 5.92 Å². The minimum Gasteiger partial charge on any atom is -0.376 e. The van der Waals surface area contributed by atoms with E-state index in [9.17, 15) is 4.79 Å². The largest absolute Gasteiger partial charge is 0.376 e. The molecule has 5 heteroatoms. The van der Waals surface area contributed by atoms with Gasteiger partial charge < -0.3 is 15.4 Å². The number of aromatic nitrogens is 1. The van der Waals surface area contributed by atoms with E-state index in [1.807, 2.05) is 13.0 Å². The van der Waals surface area contributed by atoms with Crippen molar-refractivity contribution in [1.82, 2.24) is 15.6 Å². The molecule has 2 fully saturated rings. The van der Waals surface area contributed by atoms with Crippen LogP contribution in [0.2, 0.25) is 0 Å². The molecule has 0 spiro atoms. The maximum Gasteiger partial charge on any atom is 0.315 e. The minimum atomic E-state index is -0.118. The molecule has 1 aliphatic heterocycles. The first kappa shape index (κ1) is 13.4. The van der Waals surface area contributed by atoms with Crippen molar-refractivity contribution >= 4 is 6.03 Å². The number of carbonyl (C=O) groups excluding carboxylic acids is 1. The molecule has 108 valence electrons. The molecule has 2 amide bonds. The van der Waals surface area contributed by atoms with E-state index in [0.29, 0.717) is 12.5 Å². The van der Waals surface area contributed by atoms with E-state index in [2.05, 4.69) is 15.6 Å². The molecule has 1 saturated carbocycles. The molecule has 2 atom stereocenters. The van der Waals surface area contributed by atoms with Crippen molar-refractivity contribution in [2.75, 3.05) is 6.61 Å². The molecule has 1 aromatic heterocycles. The van der Waals surface area contributed by atoms with Crippen LogP contribution < -0.4 is 10.6 Å². The molecule has 1 aliphatic carbocycles. The first-order chi connectivity index (χ1) is 9.72. The van der Waals surface area contributed by atoms with Gasteiger partial charge in [-0.2, -0.15) is 0 Å². The average Bonchev–Trinajstić information content (AvgIpc) is 3.17. The Labute approximate surface area is 119 Å². The van der Waals surface area contributed by atoms with E-state index in [1.165, 1.54) is 12.8 Å². The first-order valence-corrected chi connectivity index (χ1v) is 7.29. The molecule has 20 heavy (non-hydrogen) atoms. The quantitative estimate of drug-likeness (QED) is 0.880. The second kappa shape index (κ2) is 5.79. The summed E-state index contributed by atoms with van der Waals surface area (Å²) in [6.45, 7) is 3.25. The monoisotopic (exact) mass is 275 g/mol. The molecule has 1 saturated heterocycles. The van der Waals surface area contributed by atoms with Gasteiger partial charge in [-0.25, -0.2) is 4.79 Å². The number of aryl methyl sites for hydroxylation is 1. The Morgan fingerprint density at radius 3 is 3.00 bits per heavy atom. The molecular formula is C15H21N3O2. The zero-order valence-corrected chi connectivity index (χ0v) is 11.8. The van der Waals surface area contributed by atoms with Crippen LogP contribution in [0.5, 0.6) is 0 Å². The zero-order valence-electron chi connectivity index (χ0n) is 11.8. The van der Waals surface area contributed by atoms with Crippen LogP contribution in [0, 0.1) is 12.8 Å². The molecule has 5 nitrogen and oxygen atoms in total. The van der Waals surface area contributed by atoms with Crippen molar-refractivity contribution < 1.29 is 9.53 Å². The van der Waals surface area contributed by atoms with Gasteiger partial charge in [-0.3, -0.25) is 4.98 Å². The van der Waals surface area contributed by atoms with Gasteiger partial charge in [-0.15, -0.1) is 0 Å². The molecule has 0 aromatic carbocycles. The van der Waals surface area contributed by atoms with E-state index in [0.717, 1.165) is 24.2 Å². The van der Waals surface area contributed by atoms with Gasteiger partial charge >= 0.3 is 6.03 Å². The number of hydrogen-bond acceptors (Lipinski definition) is 3. The highest BCUT2D eigenvalue weighted by Gasteiger charge is 2.41. The summed E-state index contributed by atoms with van der Waals surface area (Å²) in [5, 5.41) is 5.93. The third-order valence-electron chi connectivity index (χ3n) is 3.92. The number of ether oxygens (including phenoxy) is 1. The molecule has 2 N–H and O–H groups in total. The Morgan fingerprint density at radius 2 is 2.25 bits per heavy atom. The fraction of sp³-hybridized carbons (Fsp3) is 0.600. The number of rotatable bonds is 4. The van der Waals surface area contributed by atoms with Crippen LogP contribution in [-0.2, 0) is 11.3 Å². The first-order valence-electron chi connectivity index (χ1n) is 7.29. The number of hydrogen-bond donors (Lipinski definition) is 2. The Morgan fingerprint density at radius 1 is 1.40 bits per heavy atom. The van der Waals surface area contributed by atoms with Crippen LogP contribution >= 0.6 is 0 Å². The number of pyridine rings is 1. The highest BCUT2D eigenvalue weighted by molar-refractivity contribution is 5.74. The van der Waals surface area contributed by atoms with Crippen LogP contribution in [0.25, 0.3) is 0 Å². The van der Waals surface area contributed by atoms with E-state index in [-0.39, 0.29) is 18.2 Å². The molecule has 0 bridgehead atoms. The predicted molar refractivity (Wildman–Crippen MR) is 75.2 cm³/mol. The molecule has 3 rings (SSSR count). The second-order valence-corrected chi connectivity index (χ2v) is 5.77. The number of amides is 2. The number of urea groups is 1. The molecule has 1 aromatic rings. The van der Waals surface area contributed by atoms with Crippen LogP contribution in [0.15, 0.2) is 18.5 Å². The van der Waals surface area contributed by atoms with Crippen molar-refractivity contribution in [3.63, 3.8) is 0 Å². The average molecular weight is 275 g/mol. The third kappa shape index (κ3) is 3.28. The van der Waals surface area contributed by atoms with E-state index < -0.39 is 0 Å². The second-order valence-electron chi connectivity index (χ2n) is 5.77. The lowest BCUT2D eigenvalue weighted by Crippen LogP contribution is -2.46. The van der Waals surface area contributed by atoms with Gasteiger partial charge in [0.25, 0.3) is 0 Å². The number of nitrogens with zero attached hydrogens (tertiary/aromatic N) is 1. The van der Waals surface area contributed by atoms with E-state index in [4.69, 9.17) is 4.74 Å². The summed E-state index contributed by atoms with van der Waals surface area (Å²) in [7, 11) is 0. The van der Waals surface area contributed by atoms with Gasteiger partial charge in [0.1, 0.15) is 0 Å². The summed E-state index contributed by atoms with van der Waals surface area (Å²) >= 11 is 0. The van der Waals surface area contributed by atoms with Crippen LogP contribution in [-0.4, -0.2) is 29.8 Å². The summed E-state index contributed by atoms with van der Waals surface area (Å²) in [6, 6.07) is 2.07. The lowest BCUT2D eigenvalue weighted by molar-refractivity contribution is 0.0825. The van der Waals surface area contributed by atoms with E-state index >= 15 is 0 Å². The molecule has 2 heterocycles. The highest BCUT2D eigenvalue weighted by atomic mass is 16.5. The van der Waals surface area contributed by atoms with Gasteiger partial charge in [0.15, 0.2) is 0 Å². The Kier molecular flexibility index (Phi) is 3.87. The minimum absolute atomic E-state index is 0.118. The van der Waals surface area contributed by atoms with Gasteiger partial charge in [0.05, 0.1) is 12.1 Å². The zero-order chi connectivity index (χ0) is 13.9. The van der Waals surface area contributed by atoms with Crippen molar-refractivity contribution in [3.05, 3.63) is 29.6 Å². The normalized spacial score (nSPS) is 25.4. The maximum atomic E-state index is 11.9. The lowest BCUT2D eigenvalue weighted by Gasteiger charge is -2.19. The van der Waals surface area contributed by atoms with Crippen LogP contribution in [0.1, 0.15) is 30.4 Å². The summed E-state index contributed by atoms with van der Waals surface area (Å²) in [6.07, 6.45) is 7.19. The summed E-state index contributed by atoms with van der Waals surface area (Å²) in [5.74, 6) is 0.656. The smallest absolute Gasteiger partial charge is 0.315 e. The van der Waals surface area contributed by atoms with Gasteiger partial charge in [0.2, 0.25) is 0 Å². The standard InChI is InChI=1S/C15H21N3O2/c1-10-6-11(8-16-7-10)9-17-15(19)18-13-4-5-20-14(13)12-2-3-12/h6-8,12-14H,2-5,9H2,1H3,(H2,17,18,19)/t13-,14-/m1/s1. The molecular weight excluding hydrogens is 254 g/mol. The third-order valence-corrected chi connectivity index (χ3v) is 3.92. The van der Waals surface area contributed by atoms with Crippen molar-refractivity contribution in [3.8, 4) is 0 Å². The SMILES string of the molecule is Cc1cncc(CNC(=O)N[C@@H]2CCO[C@@H]2C2CC2)c1. The fourth-order valence-corrected chi connectivity index (χ4v) is 2.77. The highest BCUT2D eigenvalue weighted by Crippen LogP contribution is 2.38. The van der Waals surface area contributed by atoms with Gasteiger partial charge in [0, 0.05) is 25.5 Å². The number of carbonyl (C=O) groups is 1. The Balaban J connectivity index is 1.47. The fourth-order valence-electron chi connectivity index (χ4n) is 2.77. The summed E-state index contributed by atoms with van der Waals surface area (Å²) < 4.78 is 5.72. The van der Waals surface area contributed by atoms with Gasteiger partial charge in [-0.05, 0) is 43.2 Å². The Hall–Kier alpha value is -1.62. The van der Waals surface area contributed by atoms with Crippen molar-refractivity contribution in [1.29, 1.82) is 0 Å². The topological polar surface area (TPSA) is 63.2 Å². The lowest BCUT2D eigenvalue weighted by atomic mass is 10.1. The summed E-state index contributed by atoms with van der Waals surface area (Å²) in [4.78, 5) is 16.1. The van der Waals surface area contributed by atoms with Crippen molar-refractivity contribution in [2.45, 2.75) is 44.9 Å². The predicted octanol–water partition coefficient (Wildman–Crippen LogP) is 1.76. The van der Waals surface area contributed by atoms with Gasteiger partial charge in [-0.1, -0.05) is 6.07 Å².